The number of carbonyl (C=O) groups excluding carboxylic acids is 2. The van der Waals surface area contributed by atoms with Gasteiger partial charge in [-0.05, 0) is 61.2 Å². The summed E-state index contributed by atoms with van der Waals surface area (Å²) < 4.78 is 16.2. The molecule has 1 aliphatic heterocycles. The molecule has 0 bridgehead atoms. The first-order chi connectivity index (χ1) is 14.2. The van der Waals surface area contributed by atoms with Crippen molar-refractivity contribution in [2.75, 3.05) is 26.9 Å². The van der Waals surface area contributed by atoms with Crippen molar-refractivity contribution < 1.29 is 23.8 Å². The second-order valence-electron chi connectivity index (χ2n) is 6.94. The van der Waals surface area contributed by atoms with E-state index in [1.807, 2.05) is 12.1 Å². The lowest BCUT2D eigenvalue weighted by molar-refractivity contribution is -0.121. The summed E-state index contributed by atoms with van der Waals surface area (Å²) in [5, 5.41) is 2.89. The molecule has 6 nitrogen and oxygen atoms in total. The van der Waals surface area contributed by atoms with Crippen LogP contribution in [0.5, 0.6) is 17.2 Å². The topological polar surface area (TPSA) is 73.9 Å². The zero-order chi connectivity index (χ0) is 20.5. The summed E-state index contributed by atoms with van der Waals surface area (Å²) in [4.78, 5) is 24.1. The van der Waals surface area contributed by atoms with Gasteiger partial charge in [0.2, 0.25) is 5.91 Å². The van der Waals surface area contributed by atoms with Gasteiger partial charge in [-0.15, -0.1) is 0 Å². The summed E-state index contributed by atoms with van der Waals surface area (Å²) in [5.74, 6) is 2.18. The van der Waals surface area contributed by atoms with E-state index >= 15 is 0 Å². The van der Waals surface area contributed by atoms with E-state index in [4.69, 9.17) is 14.2 Å². The first-order valence-corrected chi connectivity index (χ1v) is 9.98. The predicted molar refractivity (Wildman–Crippen MR) is 110 cm³/mol. The zero-order valence-corrected chi connectivity index (χ0v) is 16.7. The average Bonchev–Trinajstić information content (AvgIpc) is 2.77. The smallest absolute Gasteiger partial charge is 0.220 e. The number of benzene rings is 2. The summed E-state index contributed by atoms with van der Waals surface area (Å²) in [6, 6.07) is 13.0. The van der Waals surface area contributed by atoms with E-state index in [0.29, 0.717) is 31.1 Å². The van der Waals surface area contributed by atoms with Crippen molar-refractivity contribution >= 4 is 11.7 Å². The summed E-state index contributed by atoms with van der Waals surface area (Å²) >= 11 is 0. The van der Waals surface area contributed by atoms with E-state index in [9.17, 15) is 9.59 Å². The van der Waals surface area contributed by atoms with E-state index in [1.54, 1.807) is 31.4 Å². The Kier molecular flexibility index (Phi) is 7.50. The van der Waals surface area contributed by atoms with Crippen LogP contribution >= 0.6 is 0 Å². The highest BCUT2D eigenvalue weighted by Crippen LogP contribution is 2.31. The summed E-state index contributed by atoms with van der Waals surface area (Å²) in [6.45, 7) is 1.79. The quantitative estimate of drug-likeness (QED) is 0.490. The highest BCUT2D eigenvalue weighted by Gasteiger charge is 2.12. The van der Waals surface area contributed by atoms with Crippen molar-refractivity contribution in [1.82, 2.24) is 5.32 Å². The van der Waals surface area contributed by atoms with E-state index < -0.39 is 0 Å². The van der Waals surface area contributed by atoms with Crippen LogP contribution in [0.15, 0.2) is 42.5 Å². The molecule has 1 amide bonds. The van der Waals surface area contributed by atoms with Crippen LogP contribution in [0.25, 0.3) is 0 Å². The van der Waals surface area contributed by atoms with E-state index in [1.165, 1.54) is 5.56 Å². The summed E-state index contributed by atoms with van der Waals surface area (Å²) in [7, 11) is 1.58. The number of nitrogens with one attached hydrogen (secondary N) is 1. The van der Waals surface area contributed by atoms with Crippen LogP contribution in [-0.4, -0.2) is 38.6 Å². The Morgan fingerprint density at radius 2 is 1.72 bits per heavy atom. The molecule has 0 aromatic heterocycles. The number of fused-ring (bicyclic) bond motifs is 1. The normalized spacial score (nSPS) is 12.3. The Balaban J connectivity index is 1.30. The van der Waals surface area contributed by atoms with Gasteiger partial charge in [-0.2, -0.15) is 0 Å². The second-order valence-corrected chi connectivity index (χ2v) is 6.94. The first-order valence-electron chi connectivity index (χ1n) is 9.98. The monoisotopic (exact) mass is 397 g/mol. The average molecular weight is 397 g/mol. The van der Waals surface area contributed by atoms with Crippen molar-refractivity contribution in [3.05, 3.63) is 53.6 Å². The minimum absolute atomic E-state index is 0.0404. The van der Waals surface area contributed by atoms with Crippen LogP contribution in [-0.2, 0) is 11.2 Å². The number of hydrogen-bond donors (Lipinski definition) is 1. The predicted octanol–water partition coefficient (Wildman–Crippen LogP) is 3.57. The Morgan fingerprint density at radius 1 is 0.966 bits per heavy atom. The lowest BCUT2D eigenvalue weighted by Gasteiger charge is -2.18. The minimum Gasteiger partial charge on any atom is -0.497 e. The Bertz CT molecular complexity index is 832. The third-order valence-corrected chi connectivity index (χ3v) is 4.81. The molecule has 0 unspecified atom stereocenters. The fourth-order valence-electron chi connectivity index (χ4n) is 3.16. The summed E-state index contributed by atoms with van der Waals surface area (Å²) in [6.07, 6.45) is 3.17. The molecule has 2 aromatic carbocycles. The third-order valence-electron chi connectivity index (χ3n) is 4.81. The number of ketones is 1. The van der Waals surface area contributed by atoms with Crippen LogP contribution in [0.3, 0.4) is 0 Å². The fourth-order valence-corrected chi connectivity index (χ4v) is 3.16. The molecule has 1 N–H and O–H groups in total. The molecule has 6 heteroatoms. The molecule has 0 aliphatic carbocycles. The van der Waals surface area contributed by atoms with Gasteiger partial charge in [0.15, 0.2) is 17.3 Å². The summed E-state index contributed by atoms with van der Waals surface area (Å²) in [5.41, 5.74) is 1.80. The fraction of sp³-hybridized carbons (Fsp3) is 0.391. The molecule has 0 spiro atoms. The molecule has 0 saturated heterocycles. The van der Waals surface area contributed by atoms with Gasteiger partial charge in [-0.1, -0.05) is 6.07 Å². The van der Waals surface area contributed by atoms with Crippen LogP contribution in [0, 0.1) is 0 Å². The molecule has 1 heterocycles. The number of aryl methyl sites for hydroxylation is 1. The lowest BCUT2D eigenvalue weighted by atomic mass is 10.1. The van der Waals surface area contributed by atoms with Gasteiger partial charge in [-0.25, -0.2) is 0 Å². The number of Topliss-reactive ketones (excluding diaryl/α,β-unsaturated/α-hetero) is 1. The largest absolute Gasteiger partial charge is 0.497 e. The molecule has 2 aromatic rings. The van der Waals surface area contributed by atoms with Crippen LogP contribution in [0.1, 0.15) is 41.6 Å². The number of carbonyl (C=O) groups is 2. The molecular formula is C23H27NO5. The molecule has 154 valence electrons. The molecule has 29 heavy (non-hydrogen) atoms. The maximum Gasteiger partial charge on any atom is 0.220 e. The number of methoxy groups -OCH3 is 1. The van der Waals surface area contributed by atoms with Crippen LogP contribution in [0.2, 0.25) is 0 Å². The zero-order valence-electron chi connectivity index (χ0n) is 16.7. The maximum absolute atomic E-state index is 12.1. The van der Waals surface area contributed by atoms with Gasteiger partial charge in [-0.3, -0.25) is 9.59 Å². The molecule has 3 rings (SSSR count). The van der Waals surface area contributed by atoms with Crippen LogP contribution in [0.4, 0.5) is 0 Å². The Hall–Kier alpha value is -3.02. The number of unbranched alkanes of at least 4 members (excludes halogenated alkanes) is 1. The van der Waals surface area contributed by atoms with Crippen molar-refractivity contribution in [2.45, 2.75) is 32.1 Å². The van der Waals surface area contributed by atoms with E-state index in [0.717, 1.165) is 30.8 Å². The maximum atomic E-state index is 12.1. The highest BCUT2D eigenvalue weighted by atomic mass is 16.6. The van der Waals surface area contributed by atoms with Gasteiger partial charge in [0.25, 0.3) is 0 Å². The standard InChI is InChI=1S/C23H27NO5/c1-27-19-8-6-18(7-9-19)20(25)10-12-23(26)24-13-3-2-4-17-5-11-21-22(16-17)29-15-14-28-21/h5-9,11,16H,2-4,10,12-15H2,1H3,(H,24,26). The van der Waals surface area contributed by atoms with Crippen molar-refractivity contribution in [2.24, 2.45) is 0 Å². The highest BCUT2D eigenvalue weighted by molar-refractivity contribution is 5.98. The SMILES string of the molecule is COc1ccc(C(=O)CCC(=O)NCCCCc2ccc3c(c2)OCCO3)cc1. The van der Waals surface area contributed by atoms with Crippen molar-refractivity contribution in [3.63, 3.8) is 0 Å². The van der Waals surface area contributed by atoms with Gasteiger partial charge >= 0.3 is 0 Å². The van der Waals surface area contributed by atoms with Crippen LogP contribution < -0.4 is 19.5 Å². The first kappa shape index (κ1) is 20.7. The number of rotatable bonds is 10. The molecule has 0 saturated carbocycles. The third kappa shape index (κ3) is 6.24. The molecule has 0 atom stereocenters. The number of amides is 1. The van der Waals surface area contributed by atoms with Gasteiger partial charge in [0.1, 0.15) is 19.0 Å². The molecule has 1 aliphatic rings. The minimum atomic E-state index is -0.0915. The number of ether oxygens (including phenoxy) is 3. The lowest BCUT2D eigenvalue weighted by Crippen LogP contribution is -2.24. The second kappa shape index (κ2) is 10.5. The van der Waals surface area contributed by atoms with E-state index in [-0.39, 0.29) is 24.5 Å². The molecule has 0 fully saturated rings. The number of hydrogen-bond acceptors (Lipinski definition) is 5. The Morgan fingerprint density at radius 3 is 2.48 bits per heavy atom. The molecular weight excluding hydrogens is 370 g/mol. The van der Waals surface area contributed by atoms with E-state index in [2.05, 4.69) is 11.4 Å². The Labute approximate surface area is 171 Å². The van der Waals surface area contributed by atoms with Gasteiger partial charge in [0.05, 0.1) is 7.11 Å². The van der Waals surface area contributed by atoms with Gasteiger partial charge in [0, 0.05) is 24.9 Å². The van der Waals surface area contributed by atoms with Gasteiger partial charge < -0.3 is 19.5 Å². The molecule has 0 radical (unpaired) electrons. The van der Waals surface area contributed by atoms with Crippen molar-refractivity contribution in [3.8, 4) is 17.2 Å². The van der Waals surface area contributed by atoms with Crippen molar-refractivity contribution in [1.29, 1.82) is 0 Å².